The maximum atomic E-state index is 12.1. The highest BCUT2D eigenvalue weighted by Crippen LogP contribution is 2.28. The van der Waals surface area contributed by atoms with Gasteiger partial charge in [-0.15, -0.1) is 0 Å². The average Bonchev–Trinajstić information content (AvgIpc) is 2.93. The molecule has 0 spiro atoms. The molecule has 1 aromatic carbocycles. The fourth-order valence-electron chi connectivity index (χ4n) is 2.67. The number of carbonyl (C=O) groups is 1. The van der Waals surface area contributed by atoms with Crippen molar-refractivity contribution in [2.75, 3.05) is 0 Å². The topological polar surface area (TPSA) is 210 Å². The molecule has 1 amide bonds. The summed E-state index contributed by atoms with van der Waals surface area (Å²) < 4.78 is 0. The van der Waals surface area contributed by atoms with Crippen molar-refractivity contribution in [3.05, 3.63) is 71.4 Å². The van der Waals surface area contributed by atoms with Crippen molar-refractivity contribution in [1.29, 1.82) is 5.26 Å². The molecule has 27 heavy (non-hydrogen) atoms. The molecule has 0 fully saturated rings. The Balaban J connectivity index is 2.42. The summed E-state index contributed by atoms with van der Waals surface area (Å²) in [4.78, 5) is 51.9. The average molecular weight is 369 g/mol. The zero-order valence-corrected chi connectivity index (χ0v) is 13.2. The Bertz CT molecular complexity index is 1240. The summed E-state index contributed by atoms with van der Waals surface area (Å²) in [6.07, 6.45) is 0. The van der Waals surface area contributed by atoms with Gasteiger partial charge in [0.15, 0.2) is 11.1 Å². The molecule has 0 saturated carbocycles. The van der Waals surface area contributed by atoms with Crippen LogP contribution in [0.15, 0.2) is 33.4 Å². The van der Waals surface area contributed by atoms with Crippen LogP contribution in [0.3, 0.4) is 0 Å². The Kier molecular flexibility index (Phi) is 3.89. The smallest absolute Gasteiger partial charge is 0.328 e. The number of nitro groups is 1. The first-order valence-corrected chi connectivity index (χ1v) is 7.18. The highest BCUT2D eigenvalue weighted by molar-refractivity contribution is 6.17. The zero-order valence-electron chi connectivity index (χ0n) is 13.2. The number of aromatic hydroxyl groups is 1. The number of non-ortho nitro benzene ring substituents is 1. The van der Waals surface area contributed by atoms with Crippen molar-refractivity contribution >= 4 is 23.0 Å². The fraction of sp³-hybridized carbons (Fsp3) is 0. The number of carbonyl (C=O) groups excluding carboxylic acids is 1. The summed E-state index contributed by atoms with van der Waals surface area (Å²) >= 11 is 0. The van der Waals surface area contributed by atoms with Crippen LogP contribution in [0.25, 0.3) is 5.70 Å². The molecule has 2 aromatic rings. The lowest BCUT2D eigenvalue weighted by Crippen LogP contribution is -2.68. The molecule has 2 heterocycles. The van der Waals surface area contributed by atoms with Crippen LogP contribution in [0, 0.1) is 21.4 Å². The second-order valence-corrected chi connectivity index (χ2v) is 5.34. The van der Waals surface area contributed by atoms with Crippen molar-refractivity contribution in [3.8, 4) is 11.9 Å². The van der Waals surface area contributed by atoms with E-state index in [1.807, 2.05) is 9.97 Å². The monoisotopic (exact) mass is 369 g/mol. The van der Waals surface area contributed by atoms with Gasteiger partial charge in [-0.25, -0.2) is 9.79 Å². The first-order chi connectivity index (χ1) is 12.7. The van der Waals surface area contributed by atoms with Crippen LogP contribution in [-0.2, 0) is 4.79 Å². The molecule has 12 heteroatoms. The molecule has 6 N–H and O–H groups in total. The second kappa shape index (κ2) is 6.08. The van der Waals surface area contributed by atoms with Crippen LogP contribution in [-0.4, -0.2) is 31.6 Å². The summed E-state index contributed by atoms with van der Waals surface area (Å²) in [7, 11) is 0. The molecule has 0 bridgehead atoms. The van der Waals surface area contributed by atoms with E-state index in [1.54, 1.807) is 6.07 Å². The lowest BCUT2D eigenvalue weighted by molar-refractivity contribution is -0.385. The Labute approximate surface area is 148 Å². The molecule has 0 aliphatic carbocycles. The maximum Gasteiger partial charge on any atom is 0.328 e. The van der Waals surface area contributed by atoms with Gasteiger partial charge in [0.05, 0.1) is 16.1 Å². The maximum absolute atomic E-state index is 12.1. The van der Waals surface area contributed by atoms with Gasteiger partial charge in [0.25, 0.3) is 17.2 Å². The van der Waals surface area contributed by atoms with E-state index in [0.29, 0.717) is 0 Å². The summed E-state index contributed by atoms with van der Waals surface area (Å²) in [5, 5.41) is 30.2. The summed E-state index contributed by atoms with van der Waals surface area (Å²) in [6.45, 7) is 0. The summed E-state index contributed by atoms with van der Waals surface area (Å²) in [5.41, 5.74) is 2.01. The first-order valence-electron chi connectivity index (χ1n) is 7.18. The SMILES string of the molecule is N#C/C(C(N)=O)=C1/[NH+]=C(c2c(O)[nH]c(=O)[nH]c2=O)c2ccc([N+](=O)[O-])cc21. The van der Waals surface area contributed by atoms with Gasteiger partial charge in [0, 0.05) is 12.1 Å². The third-order valence-electron chi connectivity index (χ3n) is 3.78. The number of primary amides is 1. The number of H-pyrrole nitrogens is 2. The zero-order chi connectivity index (χ0) is 19.9. The standard InChI is InChI=1S/C15H8N6O6/c16-4-8(12(17)22)10-7-3-5(21(26)27)1-2-6(7)11(18-10)9-13(23)19-15(25)20-14(9)24/h1-3H,(H2,17,22)(H3,19,20,23,24,25)/p+1/b10-8-. The van der Waals surface area contributed by atoms with Crippen molar-refractivity contribution in [2.45, 2.75) is 0 Å². The van der Waals surface area contributed by atoms with E-state index in [1.165, 1.54) is 6.07 Å². The molecule has 134 valence electrons. The second-order valence-electron chi connectivity index (χ2n) is 5.34. The number of benzene rings is 1. The van der Waals surface area contributed by atoms with E-state index in [0.717, 1.165) is 12.1 Å². The van der Waals surface area contributed by atoms with Crippen molar-refractivity contribution < 1.29 is 19.8 Å². The molecule has 0 saturated heterocycles. The predicted octanol–water partition coefficient (Wildman–Crippen LogP) is -2.67. The van der Waals surface area contributed by atoms with Crippen molar-refractivity contribution in [1.82, 2.24) is 9.97 Å². The number of nitrogens with two attached hydrogens (primary N) is 1. The molecule has 1 aliphatic rings. The number of aromatic nitrogens is 2. The lowest BCUT2D eigenvalue weighted by Gasteiger charge is -2.00. The number of hydrogen-bond donors (Lipinski definition) is 5. The Morgan fingerprint density at radius 3 is 2.56 bits per heavy atom. The molecule has 0 radical (unpaired) electrons. The van der Waals surface area contributed by atoms with Gasteiger partial charge in [-0.3, -0.25) is 29.7 Å². The largest absolute Gasteiger partial charge is 0.494 e. The van der Waals surface area contributed by atoms with Gasteiger partial charge in [-0.1, -0.05) is 0 Å². The minimum Gasteiger partial charge on any atom is -0.494 e. The minimum absolute atomic E-state index is 0.0551. The number of fused-ring (bicyclic) bond motifs is 1. The van der Waals surface area contributed by atoms with Gasteiger partial charge in [-0.2, -0.15) is 5.26 Å². The van der Waals surface area contributed by atoms with Gasteiger partial charge in [0.1, 0.15) is 6.07 Å². The molecule has 0 atom stereocenters. The number of amides is 1. The number of nitrogens with zero attached hydrogens (tertiary/aromatic N) is 2. The van der Waals surface area contributed by atoms with Gasteiger partial charge in [0.2, 0.25) is 17.3 Å². The molecule has 1 aliphatic heterocycles. The molecule has 0 unspecified atom stereocenters. The van der Waals surface area contributed by atoms with Crippen LogP contribution in [0.5, 0.6) is 5.88 Å². The summed E-state index contributed by atoms with van der Waals surface area (Å²) in [6, 6.07) is 5.08. The number of nitrogens with one attached hydrogen (secondary N) is 3. The Morgan fingerprint density at radius 1 is 1.30 bits per heavy atom. The molecule has 1 aromatic heterocycles. The summed E-state index contributed by atoms with van der Waals surface area (Å²) in [5.74, 6) is -1.87. The van der Waals surface area contributed by atoms with Crippen LogP contribution in [0.1, 0.15) is 16.7 Å². The van der Waals surface area contributed by atoms with Crippen LogP contribution >= 0.6 is 0 Å². The van der Waals surface area contributed by atoms with Crippen LogP contribution < -0.4 is 22.0 Å². The molecule has 3 rings (SSSR count). The normalized spacial score (nSPS) is 14.1. The number of hydrogen-bond acceptors (Lipinski definition) is 7. The van der Waals surface area contributed by atoms with Crippen LogP contribution in [0.2, 0.25) is 0 Å². The van der Waals surface area contributed by atoms with Crippen molar-refractivity contribution in [3.63, 3.8) is 0 Å². The van der Waals surface area contributed by atoms with Gasteiger partial charge < -0.3 is 10.8 Å². The Hall–Kier alpha value is -4.53. The van der Waals surface area contributed by atoms with E-state index in [-0.39, 0.29) is 33.8 Å². The molecular formula is C15H9N6O6+. The number of aromatic amines is 2. The fourth-order valence-corrected chi connectivity index (χ4v) is 2.67. The number of rotatable bonds is 3. The number of nitro benzene ring substituents is 1. The van der Waals surface area contributed by atoms with E-state index in [4.69, 9.17) is 5.73 Å². The third kappa shape index (κ3) is 2.74. The van der Waals surface area contributed by atoms with E-state index in [9.17, 15) is 34.9 Å². The van der Waals surface area contributed by atoms with Crippen LogP contribution in [0.4, 0.5) is 5.69 Å². The minimum atomic E-state index is -1.10. The Morgan fingerprint density at radius 2 is 2.00 bits per heavy atom. The molecule has 12 nitrogen and oxygen atoms in total. The van der Waals surface area contributed by atoms with Gasteiger partial charge in [-0.05, 0) is 6.07 Å². The highest BCUT2D eigenvalue weighted by Gasteiger charge is 2.37. The highest BCUT2D eigenvalue weighted by atomic mass is 16.6. The third-order valence-corrected chi connectivity index (χ3v) is 3.78. The van der Waals surface area contributed by atoms with E-state index >= 15 is 0 Å². The number of nitriles is 1. The molecular weight excluding hydrogens is 360 g/mol. The predicted molar refractivity (Wildman–Crippen MR) is 88.3 cm³/mol. The lowest BCUT2D eigenvalue weighted by atomic mass is 9.98. The van der Waals surface area contributed by atoms with E-state index < -0.39 is 33.5 Å². The quantitative estimate of drug-likeness (QED) is 0.167. The van der Waals surface area contributed by atoms with Gasteiger partial charge >= 0.3 is 5.69 Å². The van der Waals surface area contributed by atoms with E-state index in [2.05, 4.69) is 4.99 Å². The van der Waals surface area contributed by atoms with Crippen molar-refractivity contribution in [2.24, 2.45) is 5.73 Å². The first kappa shape index (κ1) is 17.3.